The molecule has 7 heteroatoms. The second kappa shape index (κ2) is 8.08. The van der Waals surface area contributed by atoms with Crippen molar-refractivity contribution >= 4 is 29.0 Å². The lowest BCUT2D eigenvalue weighted by Gasteiger charge is -2.36. The molecule has 30 heavy (non-hydrogen) atoms. The summed E-state index contributed by atoms with van der Waals surface area (Å²) in [5, 5.41) is 14.2. The van der Waals surface area contributed by atoms with Crippen molar-refractivity contribution in [1.82, 2.24) is 0 Å². The third kappa shape index (κ3) is 3.60. The Morgan fingerprint density at radius 3 is 2.47 bits per heavy atom. The van der Waals surface area contributed by atoms with Gasteiger partial charge in [-0.1, -0.05) is 30.3 Å². The number of non-ortho nitro benzene ring substituents is 1. The first-order chi connectivity index (χ1) is 14.6. The Kier molecular flexibility index (Phi) is 5.17. The van der Waals surface area contributed by atoms with Crippen LogP contribution in [0.4, 0.5) is 17.1 Å². The summed E-state index contributed by atoms with van der Waals surface area (Å²) in [5.74, 6) is 0.438. The largest absolute Gasteiger partial charge is 0.495 e. The Hall–Kier alpha value is -4.13. The van der Waals surface area contributed by atoms with Crippen LogP contribution in [-0.2, 0) is 0 Å². The van der Waals surface area contributed by atoms with E-state index in [9.17, 15) is 14.9 Å². The summed E-state index contributed by atoms with van der Waals surface area (Å²) < 4.78 is 5.47. The first-order valence-corrected chi connectivity index (χ1v) is 9.33. The van der Waals surface area contributed by atoms with Crippen LogP contribution in [0.3, 0.4) is 0 Å². The van der Waals surface area contributed by atoms with Crippen molar-refractivity contribution in [2.75, 3.05) is 17.3 Å². The molecule has 3 aromatic carbocycles. The van der Waals surface area contributed by atoms with E-state index >= 15 is 0 Å². The molecule has 0 unspecified atom stereocenters. The highest BCUT2D eigenvalue weighted by molar-refractivity contribution is 6.13. The van der Waals surface area contributed by atoms with Crippen molar-refractivity contribution in [2.24, 2.45) is 0 Å². The van der Waals surface area contributed by atoms with Gasteiger partial charge < -0.3 is 10.1 Å². The Bertz CT molecular complexity index is 1130. The molecule has 0 aliphatic carbocycles. The molecule has 0 spiro atoms. The summed E-state index contributed by atoms with van der Waals surface area (Å²) in [6.07, 6.45) is 3.20. The van der Waals surface area contributed by atoms with E-state index in [0.29, 0.717) is 17.0 Å². The van der Waals surface area contributed by atoms with Crippen LogP contribution in [0.1, 0.15) is 15.9 Å². The summed E-state index contributed by atoms with van der Waals surface area (Å²) in [7, 11) is 1.57. The molecule has 1 aliphatic rings. The van der Waals surface area contributed by atoms with Crippen LogP contribution < -0.4 is 15.0 Å². The Morgan fingerprint density at radius 2 is 1.73 bits per heavy atom. The minimum Gasteiger partial charge on any atom is -0.495 e. The van der Waals surface area contributed by atoms with E-state index in [0.717, 1.165) is 11.3 Å². The number of ether oxygens (including phenoxy) is 1. The lowest BCUT2D eigenvalue weighted by molar-refractivity contribution is -0.384. The van der Waals surface area contributed by atoms with Gasteiger partial charge in [-0.05, 0) is 48.0 Å². The van der Waals surface area contributed by atoms with Crippen molar-refractivity contribution in [3.63, 3.8) is 0 Å². The van der Waals surface area contributed by atoms with Gasteiger partial charge in [-0.3, -0.25) is 19.8 Å². The number of nitrogens with one attached hydrogen (secondary N) is 1. The summed E-state index contributed by atoms with van der Waals surface area (Å²) in [4.78, 5) is 25.4. The molecule has 0 radical (unpaired) electrons. The van der Waals surface area contributed by atoms with Crippen LogP contribution in [0.5, 0.6) is 5.75 Å². The van der Waals surface area contributed by atoms with Crippen LogP contribution in [-0.4, -0.2) is 24.1 Å². The monoisotopic (exact) mass is 401 g/mol. The molecule has 0 bridgehead atoms. The molecule has 1 heterocycles. The average Bonchev–Trinajstić information content (AvgIpc) is 2.78. The standard InChI is InChI=1S/C23H19N3O4/c1-30-21-9-5-4-8-20(21)25-22(24-19-7-3-2-6-18(19)23(25)27)15-12-16-10-13-17(14-11-16)26(28)29/h2-15,22,24H,1H3/b15-12+/t22-/m1/s1. The van der Waals surface area contributed by atoms with Gasteiger partial charge in [0, 0.05) is 17.8 Å². The van der Waals surface area contributed by atoms with E-state index in [1.54, 1.807) is 36.3 Å². The Morgan fingerprint density at radius 1 is 1.03 bits per heavy atom. The first-order valence-electron chi connectivity index (χ1n) is 9.33. The number of benzene rings is 3. The summed E-state index contributed by atoms with van der Waals surface area (Å²) in [5.41, 5.74) is 2.78. The molecular formula is C23H19N3O4. The maximum atomic E-state index is 13.3. The molecule has 7 nitrogen and oxygen atoms in total. The molecule has 1 atom stereocenters. The van der Waals surface area contributed by atoms with Crippen LogP contribution in [0.25, 0.3) is 6.08 Å². The Balaban J connectivity index is 1.73. The van der Waals surface area contributed by atoms with Crippen LogP contribution in [0, 0.1) is 10.1 Å². The molecule has 0 saturated carbocycles. The number of methoxy groups -OCH3 is 1. The zero-order chi connectivity index (χ0) is 21.1. The van der Waals surface area contributed by atoms with E-state index in [1.807, 2.05) is 48.6 Å². The topological polar surface area (TPSA) is 84.7 Å². The highest BCUT2D eigenvalue weighted by atomic mass is 16.6. The zero-order valence-corrected chi connectivity index (χ0v) is 16.2. The summed E-state index contributed by atoms with van der Waals surface area (Å²) in [6.45, 7) is 0. The van der Waals surface area contributed by atoms with E-state index in [-0.39, 0.29) is 11.6 Å². The first kappa shape index (κ1) is 19.2. The zero-order valence-electron chi connectivity index (χ0n) is 16.2. The van der Waals surface area contributed by atoms with Crippen molar-refractivity contribution < 1.29 is 14.5 Å². The maximum Gasteiger partial charge on any atom is 0.269 e. The van der Waals surface area contributed by atoms with Gasteiger partial charge in [-0.2, -0.15) is 0 Å². The molecule has 0 saturated heterocycles. The summed E-state index contributed by atoms with van der Waals surface area (Å²) in [6, 6.07) is 20.9. The van der Waals surface area contributed by atoms with Gasteiger partial charge in [0.15, 0.2) is 0 Å². The number of rotatable bonds is 5. The van der Waals surface area contributed by atoms with Gasteiger partial charge in [-0.25, -0.2) is 0 Å². The molecule has 1 aliphatic heterocycles. The second-order valence-electron chi connectivity index (χ2n) is 6.69. The van der Waals surface area contributed by atoms with Crippen LogP contribution >= 0.6 is 0 Å². The van der Waals surface area contributed by atoms with E-state index < -0.39 is 11.1 Å². The lowest BCUT2D eigenvalue weighted by Crippen LogP contribution is -2.48. The van der Waals surface area contributed by atoms with E-state index in [1.165, 1.54) is 12.1 Å². The number of carbonyl (C=O) groups excluding carboxylic acids is 1. The molecule has 4 rings (SSSR count). The number of fused-ring (bicyclic) bond motifs is 1. The van der Waals surface area contributed by atoms with Crippen molar-refractivity contribution in [3.8, 4) is 5.75 Å². The number of nitrogens with zero attached hydrogens (tertiary/aromatic N) is 2. The number of hydrogen-bond donors (Lipinski definition) is 1. The van der Waals surface area contributed by atoms with E-state index in [2.05, 4.69) is 5.32 Å². The smallest absolute Gasteiger partial charge is 0.269 e. The Labute approximate surface area is 173 Å². The minimum absolute atomic E-state index is 0.0303. The molecule has 0 aromatic heterocycles. The number of anilines is 2. The van der Waals surface area contributed by atoms with Crippen molar-refractivity contribution in [2.45, 2.75) is 6.17 Å². The third-order valence-electron chi connectivity index (χ3n) is 4.88. The van der Waals surface area contributed by atoms with Gasteiger partial charge >= 0.3 is 0 Å². The molecule has 3 aromatic rings. The molecule has 1 N–H and O–H groups in total. The van der Waals surface area contributed by atoms with Gasteiger partial charge in [0.05, 0.1) is 23.3 Å². The SMILES string of the molecule is COc1ccccc1N1C(=O)c2ccccc2N[C@H]1/C=C/c1ccc([N+](=O)[O-])cc1. The molecule has 0 fully saturated rings. The lowest BCUT2D eigenvalue weighted by atomic mass is 10.1. The number of hydrogen-bond acceptors (Lipinski definition) is 5. The number of nitro groups is 1. The molecule has 1 amide bonds. The quantitative estimate of drug-likeness (QED) is 0.494. The minimum atomic E-state index is -0.473. The van der Waals surface area contributed by atoms with Gasteiger partial charge in [0.1, 0.15) is 11.9 Å². The number of amides is 1. The van der Waals surface area contributed by atoms with Crippen LogP contribution in [0.2, 0.25) is 0 Å². The van der Waals surface area contributed by atoms with Crippen LogP contribution in [0.15, 0.2) is 78.9 Å². The fourth-order valence-electron chi connectivity index (χ4n) is 3.41. The highest BCUT2D eigenvalue weighted by Crippen LogP contribution is 2.35. The van der Waals surface area contributed by atoms with Gasteiger partial charge in [-0.15, -0.1) is 0 Å². The van der Waals surface area contributed by atoms with Gasteiger partial charge in [0.2, 0.25) is 0 Å². The predicted molar refractivity (Wildman–Crippen MR) is 116 cm³/mol. The fraction of sp³-hybridized carbons (Fsp3) is 0.0870. The van der Waals surface area contributed by atoms with Crippen molar-refractivity contribution in [1.29, 1.82) is 0 Å². The second-order valence-corrected chi connectivity index (χ2v) is 6.69. The van der Waals surface area contributed by atoms with Gasteiger partial charge in [0.25, 0.3) is 11.6 Å². The normalized spacial score (nSPS) is 15.6. The number of para-hydroxylation sites is 3. The van der Waals surface area contributed by atoms with Crippen molar-refractivity contribution in [3.05, 3.63) is 100 Å². The maximum absolute atomic E-state index is 13.3. The third-order valence-corrected chi connectivity index (χ3v) is 4.88. The molecular weight excluding hydrogens is 382 g/mol. The van der Waals surface area contributed by atoms with E-state index in [4.69, 9.17) is 4.74 Å². The summed E-state index contributed by atoms with van der Waals surface area (Å²) >= 11 is 0. The highest BCUT2D eigenvalue weighted by Gasteiger charge is 2.33. The number of nitro benzene ring substituents is 1. The number of carbonyl (C=O) groups is 1. The average molecular weight is 401 g/mol. The molecule has 150 valence electrons. The predicted octanol–water partition coefficient (Wildman–Crippen LogP) is 4.72. The fourth-order valence-corrected chi connectivity index (χ4v) is 3.41.